The van der Waals surface area contributed by atoms with Gasteiger partial charge in [0.1, 0.15) is 5.75 Å². The van der Waals surface area contributed by atoms with Gasteiger partial charge in [-0.15, -0.1) is 0 Å². The van der Waals surface area contributed by atoms with Crippen molar-refractivity contribution in [3.8, 4) is 5.75 Å². The molecular formula is C29H16O3. The predicted molar refractivity (Wildman–Crippen MR) is 133 cm³/mol. The summed E-state index contributed by atoms with van der Waals surface area (Å²) >= 11 is 0. The molecule has 0 fully saturated rings. The van der Waals surface area contributed by atoms with E-state index in [1.165, 1.54) is 6.07 Å². The molecule has 0 aliphatic carbocycles. The molecule has 0 aliphatic rings. The number of phenolic OH excluding ortho intramolecular Hbond substituents is 1. The highest BCUT2D eigenvalue weighted by Gasteiger charge is 2.21. The summed E-state index contributed by atoms with van der Waals surface area (Å²) in [6.45, 7) is 1.99. The van der Waals surface area contributed by atoms with Gasteiger partial charge in [0.25, 0.3) is 0 Å². The average Bonchev–Trinajstić information content (AvgIpc) is 2.80. The number of rotatable bonds is 0. The SMILES string of the molecule is Cc1ccc2c(c1)c(=O)c1cccc3c1c2c1cccc2c(=O)c4cc(O)ccc4c3c21. The Morgan fingerprint density at radius 1 is 0.500 bits per heavy atom. The van der Waals surface area contributed by atoms with Crippen LogP contribution >= 0.6 is 0 Å². The normalized spacial score (nSPS) is 12.3. The number of phenols is 1. The first-order chi connectivity index (χ1) is 15.5. The molecule has 0 bridgehead atoms. The zero-order valence-corrected chi connectivity index (χ0v) is 17.2. The van der Waals surface area contributed by atoms with Crippen molar-refractivity contribution in [2.75, 3.05) is 0 Å². The van der Waals surface area contributed by atoms with Crippen LogP contribution in [0.25, 0.3) is 64.6 Å². The summed E-state index contributed by atoms with van der Waals surface area (Å²) in [5.41, 5.74) is 0.981. The Morgan fingerprint density at radius 2 is 0.969 bits per heavy atom. The van der Waals surface area contributed by atoms with E-state index in [1.54, 1.807) is 6.07 Å². The summed E-state index contributed by atoms with van der Waals surface area (Å²) in [6, 6.07) is 22.6. The lowest BCUT2D eigenvalue weighted by Crippen LogP contribution is -2.06. The smallest absolute Gasteiger partial charge is 0.194 e. The average molecular weight is 412 g/mol. The second kappa shape index (κ2) is 5.71. The molecule has 32 heavy (non-hydrogen) atoms. The van der Waals surface area contributed by atoms with Gasteiger partial charge in [-0.25, -0.2) is 0 Å². The Balaban J connectivity index is 1.98. The van der Waals surface area contributed by atoms with E-state index in [0.717, 1.165) is 48.7 Å². The van der Waals surface area contributed by atoms with Crippen molar-refractivity contribution in [2.24, 2.45) is 0 Å². The summed E-state index contributed by atoms with van der Waals surface area (Å²) < 4.78 is 0. The summed E-state index contributed by atoms with van der Waals surface area (Å²) in [5, 5.41) is 20.0. The Hall–Kier alpha value is -4.24. The lowest BCUT2D eigenvalue weighted by Gasteiger charge is -2.17. The summed E-state index contributed by atoms with van der Waals surface area (Å²) in [4.78, 5) is 27.0. The van der Waals surface area contributed by atoms with Gasteiger partial charge in [0.05, 0.1) is 0 Å². The molecule has 0 saturated heterocycles. The maximum absolute atomic E-state index is 13.5. The van der Waals surface area contributed by atoms with Crippen molar-refractivity contribution >= 4 is 64.6 Å². The van der Waals surface area contributed by atoms with Crippen LogP contribution in [0.2, 0.25) is 0 Å². The Kier molecular flexibility index (Phi) is 3.11. The van der Waals surface area contributed by atoms with Crippen LogP contribution in [-0.4, -0.2) is 5.11 Å². The minimum Gasteiger partial charge on any atom is -0.508 e. The highest BCUT2D eigenvalue weighted by molar-refractivity contribution is 6.41. The molecule has 0 radical (unpaired) electrons. The number of aryl methyl sites for hydroxylation is 1. The zero-order valence-electron chi connectivity index (χ0n) is 17.2. The van der Waals surface area contributed by atoms with Crippen LogP contribution in [0.3, 0.4) is 0 Å². The number of aromatic hydroxyl groups is 1. The van der Waals surface area contributed by atoms with Crippen LogP contribution in [0.15, 0.2) is 82.4 Å². The van der Waals surface area contributed by atoms with Gasteiger partial charge >= 0.3 is 0 Å². The molecule has 1 N–H and O–H groups in total. The van der Waals surface area contributed by atoms with E-state index in [2.05, 4.69) is 0 Å². The fraction of sp³-hybridized carbons (Fsp3) is 0.0345. The lowest BCUT2D eigenvalue weighted by molar-refractivity contribution is 0.476. The Morgan fingerprint density at radius 3 is 1.56 bits per heavy atom. The summed E-state index contributed by atoms with van der Waals surface area (Å²) in [6.07, 6.45) is 0. The zero-order chi connectivity index (χ0) is 21.7. The molecule has 0 amide bonds. The fourth-order valence-electron chi connectivity index (χ4n) is 5.56. The summed E-state index contributed by atoms with van der Waals surface area (Å²) in [5.74, 6) is 0.0648. The van der Waals surface area contributed by atoms with E-state index < -0.39 is 0 Å². The van der Waals surface area contributed by atoms with E-state index in [4.69, 9.17) is 0 Å². The highest BCUT2D eigenvalue weighted by Crippen LogP contribution is 2.44. The molecule has 0 aliphatic heterocycles. The van der Waals surface area contributed by atoms with Gasteiger partial charge in [-0.3, -0.25) is 9.59 Å². The van der Waals surface area contributed by atoms with Crippen LogP contribution < -0.4 is 10.9 Å². The van der Waals surface area contributed by atoms with Crippen molar-refractivity contribution in [1.82, 2.24) is 0 Å². The molecule has 0 spiro atoms. The van der Waals surface area contributed by atoms with Gasteiger partial charge in [-0.05, 0) is 63.5 Å². The topological polar surface area (TPSA) is 54.4 Å². The van der Waals surface area contributed by atoms with Crippen molar-refractivity contribution in [2.45, 2.75) is 6.92 Å². The second-order valence-electron chi connectivity index (χ2n) is 8.64. The number of hydrogen-bond donors (Lipinski definition) is 1. The third-order valence-electron chi connectivity index (χ3n) is 6.86. The molecule has 0 saturated carbocycles. The van der Waals surface area contributed by atoms with Crippen LogP contribution in [0.5, 0.6) is 5.75 Å². The van der Waals surface area contributed by atoms with Gasteiger partial charge in [0.15, 0.2) is 10.9 Å². The molecular weight excluding hydrogens is 396 g/mol. The maximum atomic E-state index is 13.5. The third kappa shape index (κ3) is 1.96. The molecule has 3 nitrogen and oxygen atoms in total. The molecule has 7 aromatic rings. The first-order valence-corrected chi connectivity index (χ1v) is 10.6. The minimum absolute atomic E-state index is 0.0299. The van der Waals surface area contributed by atoms with Crippen LogP contribution in [0, 0.1) is 6.92 Å². The second-order valence-corrected chi connectivity index (χ2v) is 8.64. The molecule has 150 valence electrons. The van der Waals surface area contributed by atoms with Crippen LogP contribution in [0.1, 0.15) is 5.56 Å². The molecule has 3 heteroatoms. The van der Waals surface area contributed by atoms with Gasteiger partial charge in [-0.1, -0.05) is 54.1 Å². The first-order valence-electron chi connectivity index (χ1n) is 10.6. The largest absolute Gasteiger partial charge is 0.508 e. The van der Waals surface area contributed by atoms with Crippen molar-refractivity contribution in [1.29, 1.82) is 0 Å². The monoisotopic (exact) mass is 412 g/mol. The van der Waals surface area contributed by atoms with Gasteiger partial charge < -0.3 is 5.11 Å². The van der Waals surface area contributed by atoms with E-state index in [0.29, 0.717) is 21.5 Å². The standard InChI is InChI=1S/C29H16O3/c1-14-8-10-16-22(12-14)28(31)20-6-2-5-19-25-17-11-9-15(30)13-23(17)29(32)21-7-3-4-18(27(21)25)24(16)26(19)20/h2-13,30H,1H3. The Labute approximate surface area is 181 Å². The molecule has 7 rings (SSSR count). The highest BCUT2D eigenvalue weighted by atomic mass is 16.3. The quantitative estimate of drug-likeness (QED) is 0.238. The van der Waals surface area contributed by atoms with E-state index in [-0.39, 0.29) is 16.6 Å². The summed E-state index contributed by atoms with van der Waals surface area (Å²) in [7, 11) is 0. The van der Waals surface area contributed by atoms with E-state index >= 15 is 0 Å². The molecule has 0 atom stereocenters. The Bertz CT molecular complexity index is 1890. The van der Waals surface area contributed by atoms with Crippen molar-refractivity contribution in [3.05, 3.63) is 98.8 Å². The third-order valence-corrected chi connectivity index (χ3v) is 6.86. The molecule has 0 unspecified atom stereocenters. The van der Waals surface area contributed by atoms with Crippen molar-refractivity contribution in [3.63, 3.8) is 0 Å². The predicted octanol–water partition coefficient (Wildman–Crippen LogP) is 6.22. The van der Waals surface area contributed by atoms with Crippen molar-refractivity contribution < 1.29 is 5.11 Å². The fourth-order valence-corrected chi connectivity index (χ4v) is 5.56. The van der Waals surface area contributed by atoms with Crippen LogP contribution in [-0.2, 0) is 0 Å². The van der Waals surface area contributed by atoms with E-state index in [9.17, 15) is 14.7 Å². The van der Waals surface area contributed by atoms with Gasteiger partial charge in [0, 0.05) is 32.3 Å². The molecule has 7 aromatic carbocycles. The lowest BCUT2D eigenvalue weighted by atomic mass is 9.84. The minimum atomic E-state index is -0.0901. The molecule has 0 aromatic heterocycles. The van der Waals surface area contributed by atoms with Gasteiger partial charge in [0.2, 0.25) is 0 Å². The van der Waals surface area contributed by atoms with Crippen LogP contribution in [0.4, 0.5) is 0 Å². The molecule has 0 heterocycles. The number of hydrogen-bond acceptors (Lipinski definition) is 3. The number of benzene rings is 7. The maximum Gasteiger partial charge on any atom is 0.194 e. The van der Waals surface area contributed by atoms with E-state index in [1.807, 2.05) is 67.6 Å². The first kappa shape index (κ1) is 17.4. The van der Waals surface area contributed by atoms with Gasteiger partial charge in [-0.2, -0.15) is 0 Å². The number of fused-ring (bicyclic) bond motifs is 6.